The van der Waals surface area contributed by atoms with Gasteiger partial charge in [0.05, 0.1) is 4.92 Å². The lowest BCUT2D eigenvalue weighted by molar-refractivity contribution is -0.383. The van der Waals surface area contributed by atoms with Crippen LogP contribution in [0.5, 0.6) is 0 Å². The molecule has 0 aliphatic heterocycles. The lowest BCUT2D eigenvalue weighted by atomic mass is 10.1. The Labute approximate surface area is 150 Å². The molecule has 2 N–H and O–H groups in total. The Hall–Kier alpha value is -3.55. The van der Waals surface area contributed by atoms with Crippen molar-refractivity contribution in [3.05, 3.63) is 69.7 Å². The number of anilines is 4. The molecule has 3 rings (SSSR count). The van der Waals surface area contributed by atoms with Crippen molar-refractivity contribution in [2.24, 2.45) is 0 Å². The highest BCUT2D eigenvalue weighted by Crippen LogP contribution is 2.34. The normalized spacial score (nSPS) is 10.4. The third kappa shape index (κ3) is 3.44. The van der Waals surface area contributed by atoms with Crippen molar-refractivity contribution in [2.75, 3.05) is 10.6 Å². The van der Waals surface area contributed by atoms with Gasteiger partial charge in [-0.15, -0.1) is 0 Å². The van der Waals surface area contributed by atoms with Crippen molar-refractivity contribution >= 4 is 28.8 Å². The van der Waals surface area contributed by atoms with Crippen LogP contribution >= 0.6 is 0 Å². The summed E-state index contributed by atoms with van der Waals surface area (Å²) >= 11 is 0. The van der Waals surface area contributed by atoms with E-state index in [1.54, 1.807) is 12.3 Å². The number of aryl methyl sites for hydroxylation is 2. The van der Waals surface area contributed by atoms with Gasteiger partial charge in [0.1, 0.15) is 12.1 Å². The number of nitrogens with zero attached hydrogens (tertiary/aromatic N) is 4. The van der Waals surface area contributed by atoms with E-state index in [1.807, 2.05) is 45.0 Å². The topological polar surface area (TPSA) is 106 Å². The predicted octanol–water partition coefficient (Wildman–Crippen LogP) is 4.19. The summed E-state index contributed by atoms with van der Waals surface area (Å²) in [7, 11) is 0. The summed E-state index contributed by atoms with van der Waals surface area (Å²) in [6.07, 6.45) is 2.89. The second-order valence-electron chi connectivity index (χ2n) is 5.84. The van der Waals surface area contributed by atoms with Crippen LogP contribution in [-0.2, 0) is 0 Å². The van der Waals surface area contributed by atoms with Gasteiger partial charge in [0.2, 0.25) is 11.6 Å². The number of nitrogens with one attached hydrogen (secondary N) is 2. The third-order valence-corrected chi connectivity index (χ3v) is 4.11. The van der Waals surface area contributed by atoms with Gasteiger partial charge in [-0.2, -0.15) is 0 Å². The van der Waals surface area contributed by atoms with E-state index in [4.69, 9.17) is 0 Å². The summed E-state index contributed by atoms with van der Waals surface area (Å²) in [5, 5.41) is 17.7. The van der Waals surface area contributed by atoms with Crippen LogP contribution in [0, 0.1) is 30.9 Å². The lowest BCUT2D eigenvalue weighted by Crippen LogP contribution is -2.07. The Kier molecular flexibility index (Phi) is 4.74. The number of rotatable bonds is 5. The zero-order valence-corrected chi connectivity index (χ0v) is 14.6. The fourth-order valence-electron chi connectivity index (χ4n) is 2.48. The number of pyridine rings is 1. The Morgan fingerprint density at radius 2 is 1.58 bits per heavy atom. The van der Waals surface area contributed by atoms with Gasteiger partial charge in [-0.3, -0.25) is 10.1 Å². The van der Waals surface area contributed by atoms with E-state index in [0.29, 0.717) is 5.82 Å². The first kappa shape index (κ1) is 17.3. The quantitative estimate of drug-likeness (QED) is 0.525. The molecule has 0 fully saturated rings. The van der Waals surface area contributed by atoms with Crippen molar-refractivity contribution in [1.82, 2.24) is 15.0 Å². The van der Waals surface area contributed by atoms with E-state index >= 15 is 0 Å². The minimum absolute atomic E-state index is 0.0830. The van der Waals surface area contributed by atoms with Gasteiger partial charge < -0.3 is 10.6 Å². The highest BCUT2D eigenvalue weighted by Gasteiger charge is 2.24. The highest BCUT2D eigenvalue weighted by atomic mass is 16.6. The minimum Gasteiger partial charge on any atom is -0.334 e. The highest BCUT2D eigenvalue weighted by molar-refractivity contribution is 5.77. The molecule has 26 heavy (non-hydrogen) atoms. The fraction of sp³-hybridized carbons (Fsp3) is 0.167. The van der Waals surface area contributed by atoms with Crippen LogP contribution in [0.2, 0.25) is 0 Å². The van der Waals surface area contributed by atoms with Crippen molar-refractivity contribution < 1.29 is 4.92 Å². The Morgan fingerprint density at radius 1 is 0.885 bits per heavy atom. The number of hydrogen-bond acceptors (Lipinski definition) is 7. The van der Waals surface area contributed by atoms with Crippen LogP contribution in [0.4, 0.5) is 28.8 Å². The molecule has 3 aromatic rings. The molecule has 0 amide bonds. The average molecular weight is 350 g/mol. The fourth-order valence-corrected chi connectivity index (χ4v) is 2.48. The van der Waals surface area contributed by atoms with Gasteiger partial charge in [0, 0.05) is 11.9 Å². The molecule has 0 aliphatic rings. The standard InChI is InChI=1S/C18H18N6O2/c1-11-6-4-8-14(13(11)3)22-17-15(24(25)26)18(21-10-20-17)23-16-12(2)7-5-9-19-16/h4-10H,1-3H3,(H2,19,20,21,22,23). The molecule has 0 saturated carbocycles. The summed E-state index contributed by atoms with van der Waals surface area (Å²) in [6, 6.07) is 9.37. The van der Waals surface area contributed by atoms with Crippen LogP contribution in [0.25, 0.3) is 0 Å². The Morgan fingerprint density at radius 3 is 2.27 bits per heavy atom. The summed E-state index contributed by atoms with van der Waals surface area (Å²) in [6.45, 7) is 5.78. The third-order valence-electron chi connectivity index (χ3n) is 4.11. The van der Waals surface area contributed by atoms with Gasteiger partial charge in [-0.05, 0) is 49.6 Å². The van der Waals surface area contributed by atoms with Crippen molar-refractivity contribution in [1.29, 1.82) is 0 Å². The van der Waals surface area contributed by atoms with E-state index in [1.165, 1.54) is 6.33 Å². The van der Waals surface area contributed by atoms with Gasteiger partial charge >= 0.3 is 5.69 Å². The van der Waals surface area contributed by atoms with Crippen LogP contribution < -0.4 is 10.6 Å². The van der Waals surface area contributed by atoms with E-state index in [-0.39, 0.29) is 17.3 Å². The van der Waals surface area contributed by atoms with Gasteiger partial charge in [0.15, 0.2) is 0 Å². The largest absolute Gasteiger partial charge is 0.353 e. The first-order chi connectivity index (χ1) is 12.5. The molecule has 0 atom stereocenters. The number of aromatic nitrogens is 3. The van der Waals surface area contributed by atoms with Crippen LogP contribution in [-0.4, -0.2) is 19.9 Å². The monoisotopic (exact) mass is 350 g/mol. The summed E-state index contributed by atoms with van der Waals surface area (Å²) in [5.74, 6) is 0.710. The zero-order chi connectivity index (χ0) is 18.7. The molecular weight excluding hydrogens is 332 g/mol. The summed E-state index contributed by atoms with van der Waals surface area (Å²) < 4.78 is 0. The van der Waals surface area contributed by atoms with Crippen LogP contribution in [0.15, 0.2) is 42.9 Å². The summed E-state index contributed by atoms with van der Waals surface area (Å²) in [4.78, 5) is 23.5. The minimum atomic E-state index is -0.506. The SMILES string of the molecule is Cc1cccnc1Nc1ncnc(Nc2cccc(C)c2C)c1[N+](=O)[O-]. The first-order valence-corrected chi connectivity index (χ1v) is 7.98. The molecule has 2 heterocycles. The second kappa shape index (κ2) is 7.14. The van der Waals surface area contributed by atoms with E-state index in [0.717, 1.165) is 22.4 Å². The van der Waals surface area contributed by atoms with Gasteiger partial charge in [-0.1, -0.05) is 18.2 Å². The number of benzene rings is 1. The van der Waals surface area contributed by atoms with Crippen LogP contribution in [0.3, 0.4) is 0 Å². The molecule has 0 unspecified atom stereocenters. The van der Waals surface area contributed by atoms with Crippen molar-refractivity contribution in [3.8, 4) is 0 Å². The molecule has 1 aromatic carbocycles. The molecule has 8 nitrogen and oxygen atoms in total. The smallest absolute Gasteiger partial charge is 0.334 e. The molecule has 0 bridgehead atoms. The van der Waals surface area contributed by atoms with E-state index in [9.17, 15) is 10.1 Å². The predicted molar refractivity (Wildman–Crippen MR) is 100 cm³/mol. The molecular formula is C18H18N6O2. The molecule has 0 aliphatic carbocycles. The van der Waals surface area contributed by atoms with Gasteiger partial charge in [0.25, 0.3) is 0 Å². The maximum atomic E-state index is 11.7. The zero-order valence-electron chi connectivity index (χ0n) is 14.6. The van der Waals surface area contributed by atoms with Crippen LogP contribution in [0.1, 0.15) is 16.7 Å². The van der Waals surface area contributed by atoms with E-state index in [2.05, 4.69) is 25.6 Å². The Bertz CT molecular complexity index is 974. The Balaban J connectivity index is 2.03. The maximum Gasteiger partial charge on any atom is 0.353 e. The van der Waals surface area contributed by atoms with Crippen molar-refractivity contribution in [3.63, 3.8) is 0 Å². The molecule has 0 saturated heterocycles. The molecule has 2 aromatic heterocycles. The molecule has 8 heteroatoms. The molecule has 0 radical (unpaired) electrons. The lowest BCUT2D eigenvalue weighted by Gasteiger charge is -2.13. The van der Waals surface area contributed by atoms with Crippen molar-refractivity contribution in [2.45, 2.75) is 20.8 Å². The second-order valence-corrected chi connectivity index (χ2v) is 5.84. The average Bonchev–Trinajstić information content (AvgIpc) is 2.61. The molecule has 0 spiro atoms. The number of nitro groups is 1. The van der Waals surface area contributed by atoms with Gasteiger partial charge in [-0.25, -0.2) is 15.0 Å². The first-order valence-electron chi connectivity index (χ1n) is 7.98. The maximum absolute atomic E-state index is 11.7. The summed E-state index contributed by atoms with van der Waals surface area (Å²) in [5.41, 5.74) is 3.44. The van der Waals surface area contributed by atoms with E-state index < -0.39 is 4.92 Å². The molecule has 132 valence electrons. The number of hydrogen-bond donors (Lipinski definition) is 2.